The number of urea groups is 1. The van der Waals surface area contributed by atoms with Crippen LogP contribution in [0.15, 0.2) is 42.5 Å². The van der Waals surface area contributed by atoms with Gasteiger partial charge in [0.2, 0.25) is 5.91 Å². The molecule has 2 fully saturated rings. The van der Waals surface area contributed by atoms with Crippen molar-refractivity contribution < 1.29 is 24.2 Å². The highest BCUT2D eigenvalue weighted by Crippen LogP contribution is 2.29. The SMILES string of the molecule is Cc1ccc(Cl)c(OCC2(O)CCCN(Cc3ccc(OCCCN4C(=O)CN(C)C4=O)cc3)C2)c1. The summed E-state index contributed by atoms with van der Waals surface area (Å²) in [5.41, 5.74) is 1.26. The molecule has 0 bridgehead atoms. The molecule has 1 unspecified atom stereocenters. The molecule has 8 nitrogen and oxygen atoms in total. The molecule has 2 aromatic rings. The third-order valence-corrected chi connectivity index (χ3v) is 6.88. The molecule has 2 heterocycles. The number of likely N-dealkylation sites (N-methyl/N-ethyl adjacent to an activating group) is 1. The molecule has 36 heavy (non-hydrogen) atoms. The molecule has 0 spiro atoms. The molecule has 2 aliphatic heterocycles. The number of piperidine rings is 1. The van der Waals surface area contributed by atoms with Crippen molar-refractivity contribution in [1.82, 2.24) is 14.7 Å². The van der Waals surface area contributed by atoms with Gasteiger partial charge in [0.25, 0.3) is 0 Å². The number of carbonyl (C=O) groups excluding carboxylic acids is 2. The monoisotopic (exact) mass is 515 g/mol. The van der Waals surface area contributed by atoms with Crippen LogP contribution in [0.5, 0.6) is 11.5 Å². The Bertz CT molecular complexity index is 1080. The molecule has 2 saturated heterocycles. The van der Waals surface area contributed by atoms with Crippen molar-refractivity contribution in [1.29, 1.82) is 0 Å². The van der Waals surface area contributed by atoms with Crippen LogP contribution in [-0.2, 0) is 11.3 Å². The molecule has 0 radical (unpaired) electrons. The van der Waals surface area contributed by atoms with E-state index >= 15 is 0 Å². The second-order valence-electron chi connectivity index (χ2n) is 9.79. The summed E-state index contributed by atoms with van der Waals surface area (Å²) >= 11 is 6.24. The number of hydrogen-bond acceptors (Lipinski definition) is 6. The highest BCUT2D eigenvalue weighted by Gasteiger charge is 2.34. The summed E-state index contributed by atoms with van der Waals surface area (Å²) in [4.78, 5) is 28.6. The van der Waals surface area contributed by atoms with E-state index in [0.717, 1.165) is 36.4 Å². The van der Waals surface area contributed by atoms with Gasteiger partial charge >= 0.3 is 6.03 Å². The quantitative estimate of drug-likeness (QED) is 0.383. The molecular formula is C27H34ClN3O5. The van der Waals surface area contributed by atoms with Gasteiger partial charge < -0.3 is 19.5 Å². The van der Waals surface area contributed by atoms with Crippen molar-refractivity contribution >= 4 is 23.5 Å². The molecular weight excluding hydrogens is 482 g/mol. The Balaban J connectivity index is 1.22. The maximum absolute atomic E-state index is 11.9. The van der Waals surface area contributed by atoms with Gasteiger partial charge in [0.1, 0.15) is 30.3 Å². The third kappa shape index (κ3) is 6.69. The number of aryl methyl sites for hydroxylation is 1. The Kier molecular flexibility index (Phi) is 8.39. The number of likely N-dealkylation sites (tertiary alicyclic amines) is 1. The predicted molar refractivity (Wildman–Crippen MR) is 137 cm³/mol. The minimum Gasteiger partial charge on any atom is -0.494 e. The van der Waals surface area contributed by atoms with Crippen LogP contribution in [0.3, 0.4) is 0 Å². The third-order valence-electron chi connectivity index (χ3n) is 6.57. The number of aliphatic hydroxyl groups is 1. The minimum absolute atomic E-state index is 0.143. The Morgan fingerprint density at radius 1 is 1.11 bits per heavy atom. The number of carbonyl (C=O) groups is 2. The summed E-state index contributed by atoms with van der Waals surface area (Å²) in [5, 5.41) is 11.7. The first-order valence-electron chi connectivity index (χ1n) is 12.3. The van der Waals surface area contributed by atoms with E-state index in [4.69, 9.17) is 21.1 Å². The Hall–Kier alpha value is -2.81. The van der Waals surface area contributed by atoms with E-state index in [9.17, 15) is 14.7 Å². The Labute approximate surface area is 217 Å². The maximum Gasteiger partial charge on any atom is 0.326 e. The van der Waals surface area contributed by atoms with Gasteiger partial charge in [-0.1, -0.05) is 29.8 Å². The molecule has 194 valence electrons. The van der Waals surface area contributed by atoms with Crippen molar-refractivity contribution in [2.75, 3.05) is 46.4 Å². The first-order valence-corrected chi connectivity index (χ1v) is 12.7. The van der Waals surface area contributed by atoms with Gasteiger partial charge in [-0.15, -0.1) is 0 Å². The largest absolute Gasteiger partial charge is 0.494 e. The molecule has 1 atom stereocenters. The average molecular weight is 516 g/mol. The van der Waals surface area contributed by atoms with Crippen LogP contribution in [-0.4, -0.2) is 83.8 Å². The summed E-state index contributed by atoms with van der Waals surface area (Å²) in [6, 6.07) is 13.3. The second-order valence-corrected chi connectivity index (χ2v) is 10.2. The van der Waals surface area contributed by atoms with Gasteiger partial charge in [-0.25, -0.2) is 4.79 Å². The summed E-state index contributed by atoms with van der Waals surface area (Å²) in [6.45, 7) is 5.26. The number of halogens is 1. The zero-order chi connectivity index (χ0) is 25.7. The number of imide groups is 1. The zero-order valence-corrected chi connectivity index (χ0v) is 21.7. The normalized spacial score (nSPS) is 20.8. The number of β-amino-alcohol motifs (C(OH)–C–C–N with tert-alkyl or cyclic N) is 1. The van der Waals surface area contributed by atoms with E-state index in [0.29, 0.717) is 43.3 Å². The zero-order valence-electron chi connectivity index (χ0n) is 20.9. The highest BCUT2D eigenvalue weighted by atomic mass is 35.5. The van der Waals surface area contributed by atoms with Gasteiger partial charge in [0.05, 0.1) is 11.6 Å². The molecule has 2 aliphatic rings. The lowest BCUT2D eigenvalue weighted by atomic mass is 9.93. The number of hydrogen-bond donors (Lipinski definition) is 1. The average Bonchev–Trinajstić information content (AvgIpc) is 3.09. The van der Waals surface area contributed by atoms with Crippen LogP contribution in [0.2, 0.25) is 5.02 Å². The molecule has 4 rings (SSSR count). The molecule has 0 aromatic heterocycles. The Morgan fingerprint density at radius 2 is 1.89 bits per heavy atom. The van der Waals surface area contributed by atoms with Crippen molar-refractivity contribution in [2.24, 2.45) is 0 Å². The molecule has 9 heteroatoms. The number of rotatable bonds is 10. The van der Waals surface area contributed by atoms with Crippen molar-refractivity contribution in [3.63, 3.8) is 0 Å². The number of ether oxygens (including phenoxy) is 2. The van der Waals surface area contributed by atoms with Crippen molar-refractivity contribution in [3.8, 4) is 11.5 Å². The van der Waals surface area contributed by atoms with Gasteiger partial charge in [0, 0.05) is 26.7 Å². The fourth-order valence-corrected chi connectivity index (χ4v) is 4.82. The van der Waals surface area contributed by atoms with E-state index in [-0.39, 0.29) is 25.1 Å². The molecule has 1 N–H and O–H groups in total. The summed E-state index contributed by atoms with van der Waals surface area (Å²) in [5.74, 6) is 1.18. The predicted octanol–water partition coefficient (Wildman–Crippen LogP) is 3.72. The van der Waals surface area contributed by atoms with Crippen LogP contribution in [0.25, 0.3) is 0 Å². The van der Waals surface area contributed by atoms with Crippen LogP contribution in [0.1, 0.15) is 30.4 Å². The van der Waals surface area contributed by atoms with Crippen molar-refractivity contribution in [2.45, 2.75) is 38.3 Å². The fourth-order valence-electron chi connectivity index (χ4n) is 4.64. The number of amides is 3. The van der Waals surface area contributed by atoms with Crippen LogP contribution in [0, 0.1) is 6.92 Å². The first kappa shape index (κ1) is 26.3. The van der Waals surface area contributed by atoms with E-state index < -0.39 is 5.60 Å². The number of benzene rings is 2. The minimum atomic E-state index is -0.929. The summed E-state index contributed by atoms with van der Waals surface area (Å²) in [7, 11) is 1.62. The smallest absolute Gasteiger partial charge is 0.326 e. The summed E-state index contributed by atoms with van der Waals surface area (Å²) < 4.78 is 11.7. The lowest BCUT2D eigenvalue weighted by molar-refractivity contribution is -0.125. The lowest BCUT2D eigenvalue weighted by Crippen LogP contribution is -2.51. The van der Waals surface area contributed by atoms with Gasteiger partial charge in [-0.05, 0) is 68.1 Å². The van der Waals surface area contributed by atoms with Gasteiger partial charge in [0.15, 0.2) is 0 Å². The van der Waals surface area contributed by atoms with E-state index in [1.54, 1.807) is 7.05 Å². The second kappa shape index (κ2) is 11.5. The summed E-state index contributed by atoms with van der Waals surface area (Å²) in [6.07, 6.45) is 2.15. The molecule has 0 aliphatic carbocycles. The highest BCUT2D eigenvalue weighted by molar-refractivity contribution is 6.32. The van der Waals surface area contributed by atoms with Crippen LogP contribution < -0.4 is 9.47 Å². The van der Waals surface area contributed by atoms with E-state index in [2.05, 4.69) is 4.90 Å². The van der Waals surface area contributed by atoms with Crippen LogP contribution >= 0.6 is 11.6 Å². The molecule has 0 saturated carbocycles. The Morgan fingerprint density at radius 3 is 2.61 bits per heavy atom. The van der Waals surface area contributed by atoms with Crippen LogP contribution in [0.4, 0.5) is 4.79 Å². The molecule has 2 aromatic carbocycles. The van der Waals surface area contributed by atoms with E-state index in [1.807, 2.05) is 49.4 Å². The molecule has 3 amide bonds. The van der Waals surface area contributed by atoms with Crippen molar-refractivity contribution in [3.05, 3.63) is 58.6 Å². The lowest BCUT2D eigenvalue weighted by Gasteiger charge is -2.39. The standard InChI is InChI=1S/C27H34ClN3O5/c1-20-5-10-23(28)24(15-20)36-19-27(34)11-3-12-30(18-27)16-21-6-8-22(9-7-21)35-14-4-13-31-25(32)17-29(2)26(31)33/h5-10,15,34H,3-4,11-14,16-19H2,1-2H3. The topological polar surface area (TPSA) is 82.6 Å². The fraction of sp³-hybridized carbons (Fsp3) is 0.481. The number of nitrogens with zero attached hydrogens (tertiary/aromatic N) is 3. The maximum atomic E-state index is 11.9. The van der Waals surface area contributed by atoms with Gasteiger partial charge in [-0.3, -0.25) is 14.6 Å². The van der Waals surface area contributed by atoms with E-state index in [1.165, 1.54) is 9.80 Å². The first-order chi connectivity index (χ1) is 17.2. The van der Waals surface area contributed by atoms with Gasteiger partial charge in [-0.2, -0.15) is 0 Å².